The van der Waals surface area contributed by atoms with Gasteiger partial charge in [0.15, 0.2) is 0 Å². The third-order valence-corrected chi connectivity index (χ3v) is 6.95. The highest BCUT2D eigenvalue weighted by atomic mass is 35.5. The van der Waals surface area contributed by atoms with Gasteiger partial charge in [-0.1, -0.05) is 34.8 Å². The first kappa shape index (κ1) is 19.2. The number of rotatable bonds is 3. The van der Waals surface area contributed by atoms with E-state index in [0.717, 1.165) is 4.31 Å². The van der Waals surface area contributed by atoms with Gasteiger partial charge < -0.3 is 10.1 Å². The number of hydrogen-bond acceptors (Lipinski definition) is 4. The van der Waals surface area contributed by atoms with Gasteiger partial charge in [-0.05, 0) is 23.8 Å². The molecule has 1 aliphatic rings. The van der Waals surface area contributed by atoms with Crippen LogP contribution in [0.5, 0.6) is 0 Å². The summed E-state index contributed by atoms with van der Waals surface area (Å²) in [5.41, 5.74) is -0.278. The van der Waals surface area contributed by atoms with Gasteiger partial charge in [-0.25, -0.2) is 13.2 Å². The zero-order chi connectivity index (χ0) is 19.2. The standard InChI is InChI=1S/C15H11Cl3N2O5S/c16-8-4-10(17)13(11(18)5-8)26(24,25)20-2-1-12-7(6-20)3-9(15(22)23)14(21)19-12/h3-5H,1-2,6H2,(H,19,21)(H,22,23). The van der Waals surface area contributed by atoms with E-state index in [1.165, 1.54) is 18.2 Å². The third kappa shape index (κ3) is 3.35. The summed E-state index contributed by atoms with van der Waals surface area (Å²) < 4.78 is 27.0. The molecule has 0 unspecified atom stereocenters. The maximum absolute atomic E-state index is 13.0. The van der Waals surface area contributed by atoms with Gasteiger partial charge in [0.25, 0.3) is 5.56 Å². The van der Waals surface area contributed by atoms with Crippen molar-refractivity contribution in [2.75, 3.05) is 6.54 Å². The molecule has 138 valence electrons. The largest absolute Gasteiger partial charge is 0.477 e. The normalized spacial score (nSPS) is 14.9. The van der Waals surface area contributed by atoms with Crippen LogP contribution in [0.3, 0.4) is 0 Å². The zero-order valence-corrected chi connectivity index (χ0v) is 16.0. The van der Waals surface area contributed by atoms with Crippen LogP contribution in [0, 0.1) is 0 Å². The van der Waals surface area contributed by atoms with Crippen molar-refractivity contribution in [2.24, 2.45) is 0 Å². The van der Waals surface area contributed by atoms with Crippen LogP contribution < -0.4 is 5.56 Å². The fraction of sp³-hybridized carbons (Fsp3) is 0.200. The van der Waals surface area contributed by atoms with Crippen LogP contribution in [0.25, 0.3) is 0 Å². The molecule has 0 saturated carbocycles. The van der Waals surface area contributed by atoms with E-state index < -0.39 is 27.1 Å². The molecule has 3 rings (SSSR count). The highest BCUT2D eigenvalue weighted by Crippen LogP contribution is 2.36. The van der Waals surface area contributed by atoms with Gasteiger partial charge in [0.2, 0.25) is 10.0 Å². The number of hydrogen-bond donors (Lipinski definition) is 2. The Labute approximate surface area is 163 Å². The average Bonchev–Trinajstić information content (AvgIpc) is 2.52. The Bertz CT molecular complexity index is 1060. The Kier molecular flexibility index (Phi) is 5.06. The second-order valence-corrected chi connectivity index (χ2v) is 8.73. The van der Waals surface area contributed by atoms with E-state index in [-0.39, 0.29) is 39.5 Å². The number of aromatic nitrogens is 1. The maximum atomic E-state index is 13.0. The Morgan fingerprint density at radius 1 is 1.15 bits per heavy atom. The molecule has 0 spiro atoms. The van der Waals surface area contributed by atoms with E-state index in [2.05, 4.69) is 4.98 Å². The first-order valence-electron chi connectivity index (χ1n) is 7.24. The monoisotopic (exact) mass is 436 g/mol. The number of fused-ring (bicyclic) bond motifs is 1. The Morgan fingerprint density at radius 3 is 2.35 bits per heavy atom. The van der Waals surface area contributed by atoms with Crippen molar-refractivity contribution in [3.63, 3.8) is 0 Å². The molecular formula is C15H11Cl3N2O5S. The van der Waals surface area contributed by atoms with Crippen LogP contribution in [-0.4, -0.2) is 35.3 Å². The van der Waals surface area contributed by atoms with E-state index in [4.69, 9.17) is 39.9 Å². The molecule has 26 heavy (non-hydrogen) atoms. The second kappa shape index (κ2) is 6.86. The Balaban J connectivity index is 2.04. The SMILES string of the molecule is O=C(O)c1cc2c([nH]c1=O)CCN(S(=O)(=O)c1c(Cl)cc(Cl)cc1Cl)C2. The lowest BCUT2D eigenvalue weighted by Gasteiger charge is -2.28. The molecule has 0 amide bonds. The van der Waals surface area contributed by atoms with Crippen molar-refractivity contribution >= 4 is 50.8 Å². The summed E-state index contributed by atoms with van der Waals surface area (Å²) >= 11 is 17.9. The van der Waals surface area contributed by atoms with Crippen LogP contribution in [0.4, 0.5) is 0 Å². The number of H-pyrrole nitrogens is 1. The van der Waals surface area contributed by atoms with Crippen LogP contribution in [0.2, 0.25) is 15.1 Å². The highest BCUT2D eigenvalue weighted by molar-refractivity contribution is 7.89. The number of pyridine rings is 1. The summed E-state index contributed by atoms with van der Waals surface area (Å²) in [7, 11) is -4.05. The van der Waals surface area contributed by atoms with E-state index in [1.807, 2.05) is 0 Å². The molecule has 2 N–H and O–H groups in total. The minimum Gasteiger partial charge on any atom is -0.477 e. The van der Waals surface area contributed by atoms with E-state index >= 15 is 0 Å². The number of sulfonamides is 1. The van der Waals surface area contributed by atoms with Crippen molar-refractivity contribution in [1.29, 1.82) is 0 Å². The molecule has 7 nitrogen and oxygen atoms in total. The number of nitrogens with zero attached hydrogens (tertiary/aromatic N) is 1. The molecule has 0 atom stereocenters. The van der Waals surface area contributed by atoms with Crippen molar-refractivity contribution in [3.05, 3.63) is 60.4 Å². The van der Waals surface area contributed by atoms with Crippen LogP contribution in [0.15, 0.2) is 27.9 Å². The van der Waals surface area contributed by atoms with E-state index in [0.29, 0.717) is 11.3 Å². The molecule has 1 aromatic heterocycles. The predicted octanol–water partition coefficient (Wildman–Crippen LogP) is 2.78. The predicted molar refractivity (Wildman–Crippen MR) is 96.8 cm³/mol. The van der Waals surface area contributed by atoms with Gasteiger partial charge >= 0.3 is 5.97 Å². The minimum absolute atomic E-state index is 0.0764. The number of carboxylic acids is 1. The number of carbonyl (C=O) groups is 1. The number of carboxylic acid groups (broad SMARTS) is 1. The summed E-state index contributed by atoms with van der Waals surface area (Å²) in [4.78, 5) is 25.1. The zero-order valence-electron chi connectivity index (χ0n) is 12.9. The molecule has 2 aromatic rings. The van der Waals surface area contributed by atoms with Crippen LogP contribution in [-0.2, 0) is 23.0 Å². The molecule has 2 heterocycles. The quantitative estimate of drug-likeness (QED) is 0.768. The molecule has 0 radical (unpaired) electrons. The number of aromatic amines is 1. The van der Waals surface area contributed by atoms with Gasteiger partial charge in [-0.2, -0.15) is 4.31 Å². The molecule has 1 aromatic carbocycles. The fourth-order valence-corrected chi connectivity index (χ4v) is 5.66. The number of aromatic carboxylic acids is 1. The van der Waals surface area contributed by atoms with E-state index in [1.54, 1.807) is 0 Å². The third-order valence-electron chi connectivity index (χ3n) is 3.96. The van der Waals surface area contributed by atoms with Crippen molar-refractivity contribution in [1.82, 2.24) is 9.29 Å². The lowest BCUT2D eigenvalue weighted by Crippen LogP contribution is -2.38. The first-order chi connectivity index (χ1) is 12.1. The average molecular weight is 438 g/mol. The fourth-order valence-electron chi connectivity index (χ4n) is 2.75. The molecular weight excluding hydrogens is 427 g/mol. The van der Waals surface area contributed by atoms with Gasteiger partial charge in [-0.3, -0.25) is 4.79 Å². The summed E-state index contributed by atoms with van der Waals surface area (Å²) in [6, 6.07) is 3.74. The van der Waals surface area contributed by atoms with Crippen LogP contribution >= 0.6 is 34.8 Å². The van der Waals surface area contributed by atoms with E-state index in [9.17, 15) is 18.0 Å². The lowest BCUT2D eigenvalue weighted by atomic mass is 10.1. The van der Waals surface area contributed by atoms with Crippen molar-refractivity contribution in [3.8, 4) is 0 Å². The first-order valence-corrected chi connectivity index (χ1v) is 9.81. The number of nitrogens with one attached hydrogen (secondary N) is 1. The Morgan fingerprint density at radius 2 is 1.77 bits per heavy atom. The van der Waals surface area contributed by atoms with Gasteiger partial charge in [0.1, 0.15) is 10.5 Å². The van der Waals surface area contributed by atoms with Gasteiger partial charge in [0, 0.05) is 30.2 Å². The highest BCUT2D eigenvalue weighted by Gasteiger charge is 2.33. The molecule has 0 saturated heterocycles. The summed E-state index contributed by atoms with van der Waals surface area (Å²) in [5, 5.41) is 9.05. The number of benzene rings is 1. The van der Waals surface area contributed by atoms with Crippen molar-refractivity contribution < 1.29 is 18.3 Å². The minimum atomic E-state index is -4.05. The molecule has 0 aliphatic carbocycles. The summed E-state index contributed by atoms with van der Waals surface area (Å²) in [6.45, 7) is -0.0447. The number of halogens is 3. The topological polar surface area (TPSA) is 108 Å². The molecule has 1 aliphatic heterocycles. The Hall–Kier alpha value is -1.58. The summed E-state index contributed by atoms with van der Waals surface area (Å²) in [6.07, 6.45) is 0.215. The van der Waals surface area contributed by atoms with Gasteiger partial charge in [-0.15, -0.1) is 0 Å². The van der Waals surface area contributed by atoms with Crippen molar-refractivity contribution in [2.45, 2.75) is 17.9 Å². The maximum Gasteiger partial charge on any atom is 0.341 e. The molecule has 0 bridgehead atoms. The van der Waals surface area contributed by atoms with Crippen LogP contribution in [0.1, 0.15) is 21.6 Å². The molecule has 0 fully saturated rings. The second-order valence-electron chi connectivity index (χ2n) is 5.61. The summed E-state index contributed by atoms with van der Waals surface area (Å²) in [5.74, 6) is -1.39. The lowest BCUT2D eigenvalue weighted by molar-refractivity contribution is 0.0694. The molecule has 11 heteroatoms. The smallest absolute Gasteiger partial charge is 0.341 e. The van der Waals surface area contributed by atoms with Gasteiger partial charge in [0.05, 0.1) is 10.0 Å².